The molecule has 0 bridgehead atoms. The smallest absolute Gasteiger partial charge is 0.128 e. The number of aliphatic hydroxyl groups excluding tert-OH is 1. The number of methoxy groups -OCH3 is 1. The maximum atomic E-state index is 9.58. The van der Waals surface area contributed by atoms with Gasteiger partial charge in [0.15, 0.2) is 0 Å². The Hall–Kier alpha value is -1.13. The quantitative estimate of drug-likeness (QED) is 0.709. The van der Waals surface area contributed by atoms with E-state index >= 15 is 0 Å². The molecular formula is C9H14N2O2. The van der Waals surface area contributed by atoms with Crippen LogP contribution in [0.1, 0.15) is 17.4 Å². The van der Waals surface area contributed by atoms with Crippen molar-refractivity contribution < 1.29 is 9.84 Å². The summed E-state index contributed by atoms with van der Waals surface area (Å²) >= 11 is 0. The van der Waals surface area contributed by atoms with Crippen LogP contribution in [0.25, 0.3) is 0 Å². The summed E-state index contributed by atoms with van der Waals surface area (Å²) in [6.07, 6.45) is 0.935. The zero-order valence-electron chi connectivity index (χ0n) is 7.82. The molecule has 3 N–H and O–H groups in total. The van der Waals surface area contributed by atoms with Crippen LogP contribution in [0.2, 0.25) is 0 Å². The minimum Gasteiger partial charge on any atom is -0.496 e. The van der Waals surface area contributed by atoms with E-state index in [1.54, 1.807) is 19.4 Å². The van der Waals surface area contributed by atoms with E-state index in [-0.39, 0.29) is 6.54 Å². The number of aliphatic hydroxyl groups is 1. The number of aromatic nitrogens is 1. The molecule has 0 aliphatic rings. The SMILES string of the molecule is COc1ccnc(C)c1C(O)CN. The maximum absolute atomic E-state index is 9.58. The van der Waals surface area contributed by atoms with E-state index in [1.165, 1.54) is 0 Å². The van der Waals surface area contributed by atoms with Crippen LogP contribution in [0.5, 0.6) is 5.75 Å². The molecule has 1 atom stereocenters. The molecule has 72 valence electrons. The van der Waals surface area contributed by atoms with Gasteiger partial charge in [0.1, 0.15) is 5.75 Å². The van der Waals surface area contributed by atoms with Crippen LogP contribution in [-0.2, 0) is 0 Å². The highest BCUT2D eigenvalue weighted by atomic mass is 16.5. The molecule has 0 spiro atoms. The number of nitrogens with two attached hydrogens (primary N) is 1. The minimum absolute atomic E-state index is 0.170. The third kappa shape index (κ3) is 1.96. The largest absolute Gasteiger partial charge is 0.496 e. The molecule has 0 fully saturated rings. The van der Waals surface area contributed by atoms with Crippen LogP contribution < -0.4 is 10.5 Å². The van der Waals surface area contributed by atoms with Crippen molar-refractivity contribution in [2.75, 3.05) is 13.7 Å². The second-order valence-electron chi connectivity index (χ2n) is 2.76. The first kappa shape index (κ1) is 9.95. The average molecular weight is 182 g/mol. The molecule has 0 radical (unpaired) electrons. The van der Waals surface area contributed by atoms with Crippen molar-refractivity contribution in [3.05, 3.63) is 23.5 Å². The summed E-state index contributed by atoms with van der Waals surface area (Å²) < 4.78 is 5.09. The van der Waals surface area contributed by atoms with E-state index in [0.29, 0.717) is 11.3 Å². The first-order valence-electron chi connectivity index (χ1n) is 4.08. The monoisotopic (exact) mass is 182 g/mol. The summed E-state index contributed by atoms with van der Waals surface area (Å²) in [7, 11) is 1.56. The van der Waals surface area contributed by atoms with Gasteiger partial charge in [-0.25, -0.2) is 0 Å². The van der Waals surface area contributed by atoms with Gasteiger partial charge in [0.05, 0.1) is 13.2 Å². The molecule has 1 rings (SSSR count). The molecule has 13 heavy (non-hydrogen) atoms. The Morgan fingerprint density at radius 3 is 2.92 bits per heavy atom. The van der Waals surface area contributed by atoms with Crippen molar-refractivity contribution in [3.63, 3.8) is 0 Å². The third-order valence-electron chi connectivity index (χ3n) is 1.93. The highest BCUT2D eigenvalue weighted by Crippen LogP contribution is 2.25. The third-order valence-corrected chi connectivity index (χ3v) is 1.93. The van der Waals surface area contributed by atoms with E-state index in [1.807, 2.05) is 6.92 Å². The molecule has 0 saturated heterocycles. The molecule has 0 aromatic carbocycles. The molecule has 1 heterocycles. The van der Waals surface area contributed by atoms with Crippen LogP contribution in [0.4, 0.5) is 0 Å². The fourth-order valence-corrected chi connectivity index (χ4v) is 1.26. The molecule has 0 aliphatic heterocycles. The van der Waals surface area contributed by atoms with Crippen molar-refractivity contribution in [3.8, 4) is 5.75 Å². The van der Waals surface area contributed by atoms with Crippen molar-refractivity contribution >= 4 is 0 Å². The van der Waals surface area contributed by atoms with E-state index in [2.05, 4.69) is 4.98 Å². The summed E-state index contributed by atoms with van der Waals surface area (Å²) in [4.78, 5) is 4.06. The molecule has 0 aliphatic carbocycles. The minimum atomic E-state index is -0.705. The highest BCUT2D eigenvalue weighted by Gasteiger charge is 2.14. The second-order valence-corrected chi connectivity index (χ2v) is 2.76. The zero-order valence-corrected chi connectivity index (χ0v) is 7.82. The fourth-order valence-electron chi connectivity index (χ4n) is 1.26. The Morgan fingerprint density at radius 2 is 2.38 bits per heavy atom. The molecule has 1 aromatic heterocycles. The van der Waals surface area contributed by atoms with Crippen LogP contribution in [0.3, 0.4) is 0 Å². The van der Waals surface area contributed by atoms with Gasteiger partial charge in [0.2, 0.25) is 0 Å². The van der Waals surface area contributed by atoms with E-state index in [4.69, 9.17) is 10.5 Å². The van der Waals surface area contributed by atoms with Crippen molar-refractivity contribution in [1.82, 2.24) is 4.98 Å². The lowest BCUT2D eigenvalue weighted by atomic mass is 10.1. The maximum Gasteiger partial charge on any atom is 0.128 e. The van der Waals surface area contributed by atoms with E-state index in [9.17, 15) is 5.11 Å². The topological polar surface area (TPSA) is 68.4 Å². The van der Waals surface area contributed by atoms with Crippen LogP contribution in [-0.4, -0.2) is 23.7 Å². The van der Waals surface area contributed by atoms with Crippen molar-refractivity contribution in [2.24, 2.45) is 5.73 Å². The second kappa shape index (κ2) is 4.20. The van der Waals surface area contributed by atoms with Crippen LogP contribution >= 0.6 is 0 Å². The predicted molar refractivity (Wildman–Crippen MR) is 49.5 cm³/mol. The summed E-state index contributed by atoms with van der Waals surface area (Å²) in [5, 5.41) is 9.58. The average Bonchev–Trinajstić information content (AvgIpc) is 2.16. The number of hydrogen-bond donors (Lipinski definition) is 2. The number of hydrogen-bond acceptors (Lipinski definition) is 4. The van der Waals surface area contributed by atoms with Gasteiger partial charge in [-0.05, 0) is 13.0 Å². The molecular weight excluding hydrogens is 168 g/mol. The van der Waals surface area contributed by atoms with Gasteiger partial charge in [-0.15, -0.1) is 0 Å². The van der Waals surface area contributed by atoms with Crippen molar-refractivity contribution in [1.29, 1.82) is 0 Å². The number of nitrogens with zero attached hydrogens (tertiary/aromatic N) is 1. The molecule has 0 amide bonds. The van der Waals surface area contributed by atoms with Gasteiger partial charge in [-0.3, -0.25) is 4.98 Å². The lowest BCUT2D eigenvalue weighted by Crippen LogP contribution is -2.14. The van der Waals surface area contributed by atoms with E-state index in [0.717, 1.165) is 5.69 Å². The molecule has 4 heteroatoms. The molecule has 4 nitrogen and oxygen atoms in total. The Kier molecular flexibility index (Phi) is 3.22. The Labute approximate surface area is 77.4 Å². The summed E-state index contributed by atoms with van der Waals surface area (Å²) in [6.45, 7) is 1.99. The van der Waals surface area contributed by atoms with E-state index < -0.39 is 6.10 Å². The van der Waals surface area contributed by atoms with Gasteiger partial charge in [0, 0.05) is 24.0 Å². The van der Waals surface area contributed by atoms with Gasteiger partial charge in [-0.1, -0.05) is 0 Å². The predicted octanol–water partition coefficient (Wildman–Crippen LogP) is 0.391. The van der Waals surface area contributed by atoms with Gasteiger partial charge in [0.25, 0.3) is 0 Å². The molecule has 1 aromatic rings. The van der Waals surface area contributed by atoms with Crippen molar-refractivity contribution in [2.45, 2.75) is 13.0 Å². The number of ether oxygens (including phenoxy) is 1. The lowest BCUT2D eigenvalue weighted by molar-refractivity contribution is 0.180. The van der Waals surface area contributed by atoms with Gasteiger partial charge in [-0.2, -0.15) is 0 Å². The summed E-state index contributed by atoms with van der Waals surface area (Å²) in [6, 6.07) is 1.71. The van der Waals surface area contributed by atoms with Crippen LogP contribution in [0.15, 0.2) is 12.3 Å². The number of rotatable bonds is 3. The zero-order chi connectivity index (χ0) is 9.84. The standard InChI is InChI=1S/C9H14N2O2/c1-6-9(7(12)5-10)8(13-2)3-4-11-6/h3-4,7,12H,5,10H2,1-2H3. The number of pyridine rings is 1. The first-order valence-corrected chi connectivity index (χ1v) is 4.08. The summed E-state index contributed by atoms with van der Waals surface area (Å²) in [5.41, 5.74) is 6.78. The molecule has 1 unspecified atom stereocenters. The van der Waals surface area contributed by atoms with Gasteiger partial charge < -0.3 is 15.6 Å². The highest BCUT2D eigenvalue weighted by molar-refractivity contribution is 5.37. The van der Waals surface area contributed by atoms with Crippen LogP contribution in [0, 0.1) is 6.92 Å². The first-order chi connectivity index (χ1) is 6.20. The lowest BCUT2D eigenvalue weighted by Gasteiger charge is -2.14. The Bertz CT molecular complexity index is 289. The normalized spacial score (nSPS) is 12.6. The Balaban J connectivity index is 3.14. The van der Waals surface area contributed by atoms with Gasteiger partial charge >= 0.3 is 0 Å². The Morgan fingerprint density at radius 1 is 1.69 bits per heavy atom. The number of aryl methyl sites for hydroxylation is 1. The molecule has 0 saturated carbocycles. The fraction of sp³-hybridized carbons (Fsp3) is 0.444. The summed E-state index contributed by atoms with van der Waals surface area (Å²) in [5.74, 6) is 0.630.